The van der Waals surface area contributed by atoms with Crippen LogP contribution in [0.3, 0.4) is 0 Å². The second-order valence-electron chi connectivity index (χ2n) is 3.23. The molecule has 0 saturated carbocycles. The van der Waals surface area contributed by atoms with Crippen LogP contribution >= 0.6 is 12.2 Å². The largest absolute Gasteiger partial charge is 0.428 e. The normalized spacial score (nSPS) is 8.81. The summed E-state index contributed by atoms with van der Waals surface area (Å²) in [5.74, 6) is 0. The molecule has 0 unspecified atom stereocenters. The summed E-state index contributed by atoms with van der Waals surface area (Å²) in [5.41, 5.74) is 2.20. The Kier molecular flexibility index (Phi) is 5.61. The molecule has 1 heterocycles. The highest BCUT2D eigenvalue weighted by molar-refractivity contribution is 8.01. The van der Waals surface area contributed by atoms with Gasteiger partial charge < -0.3 is 24.8 Å². The molecule has 1 aromatic heterocycles. The van der Waals surface area contributed by atoms with Crippen molar-refractivity contribution in [2.24, 2.45) is 0 Å². The van der Waals surface area contributed by atoms with Gasteiger partial charge in [-0.2, -0.15) is 0 Å². The first-order chi connectivity index (χ1) is 7.70. The van der Waals surface area contributed by atoms with E-state index in [9.17, 15) is 0 Å². The summed E-state index contributed by atoms with van der Waals surface area (Å²) in [5, 5.41) is 0. The highest BCUT2D eigenvalue weighted by atomic mass is 32.1. The minimum Gasteiger partial charge on any atom is -0.428 e. The van der Waals surface area contributed by atoms with Gasteiger partial charge in [0, 0.05) is 12.1 Å². The Balaban J connectivity index is 0.000000181. The minimum absolute atomic E-state index is 0.542. The van der Waals surface area contributed by atoms with Gasteiger partial charge in [0.1, 0.15) is 0 Å². The van der Waals surface area contributed by atoms with Crippen LogP contribution in [0.1, 0.15) is 11.1 Å². The van der Waals surface area contributed by atoms with E-state index in [1.807, 2.05) is 61.8 Å². The summed E-state index contributed by atoms with van der Waals surface area (Å²) in [6, 6.07) is 13.8. The number of hydrogen-bond acceptors (Lipinski definition) is 2. The third-order valence-corrected chi connectivity index (χ3v) is 2.37. The Morgan fingerprint density at radius 1 is 1.06 bits per heavy atom. The molecule has 0 saturated heterocycles. The van der Waals surface area contributed by atoms with Crippen molar-refractivity contribution in [1.82, 2.24) is 0 Å². The van der Waals surface area contributed by atoms with Gasteiger partial charge in [-0.25, -0.2) is 4.98 Å². The molecule has 1 N–H and O–H groups in total. The molecule has 0 amide bonds. The van der Waals surface area contributed by atoms with Crippen LogP contribution in [0.25, 0.3) is 0 Å². The van der Waals surface area contributed by atoms with Crippen molar-refractivity contribution >= 4 is 29.0 Å². The predicted molar refractivity (Wildman–Crippen MR) is 73.2 cm³/mol. The number of rotatable bonds is 1. The van der Waals surface area contributed by atoms with Crippen LogP contribution in [-0.2, 0) is 12.6 Å². The van der Waals surface area contributed by atoms with Crippen LogP contribution in [0.5, 0.6) is 0 Å². The van der Waals surface area contributed by atoms with Crippen molar-refractivity contribution in [2.75, 3.05) is 0 Å². The van der Waals surface area contributed by atoms with Crippen LogP contribution in [0.2, 0.25) is 0 Å². The van der Waals surface area contributed by atoms with E-state index in [0.717, 1.165) is 5.56 Å². The molecule has 2 aromatic rings. The Labute approximate surface area is 107 Å². The number of aryl methyl sites for hydroxylation is 1. The van der Waals surface area contributed by atoms with Crippen molar-refractivity contribution < 1.29 is 4.98 Å². The number of aromatic amines is 1. The van der Waals surface area contributed by atoms with E-state index in [0.29, 0.717) is 4.20 Å². The molecule has 0 bridgehead atoms. The molecule has 0 aliphatic heterocycles. The summed E-state index contributed by atoms with van der Waals surface area (Å²) in [4.78, 5) is 2.89. The molecule has 0 spiro atoms. The third-order valence-electron chi connectivity index (χ3n) is 1.89. The number of benzene rings is 1. The Bertz CT molecular complexity index is 397. The van der Waals surface area contributed by atoms with E-state index >= 15 is 0 Å². The van der Waals surface area contributed by atoms with Crippen LogP contribution < -0.4 is 4.98 Å². The maximum Gasteiger partial charge on any atom is 0.166 e. The van der Waals surface area contributed by atoms with E-state index in [1.165, 1.54) is 5.56 Å². The highest BCUT2D eigenvalue weighted by Crippen LogP contribution is 2.03. The zero-order valence-corrected chi connectivity index (χ0v) is 10.6. The molecule has 82 valence electrons. The van der Waals surface area contributed by atoms with Gasteiger partial charge in [-0.3, -0.25) is 0 Å². The average Bonchev–Trinajstić information content (AvgIpc) is 2.32. The molecule has 1 nitrogen and oxygen atoms in total. The first-order valence-electron chi connectivity index (χ1n) is 4.89. The summed E-state index contributed by atoms with van der Waals surface area (Å²) < 4.78 is 0.542. The number of H-pyrrole nitrogens is 1. The van der Waals surface area contributed by atoms with Crippen molar-refractivity contribution in [2.45, 2.75) is 6.92 Å². The van der Waals surface area contributed by atoms with E-state index in [4.69, 9.17) is 24.8 Å². The topological polar surface area (TPSA) is 14.1 Å². The van der Waals surface area contributed by atoms with Gasteiger partial charge in [-0.05, 0) is 12.5 Å². The first-order valence-corrected chi connectivity index (χ1v) is 5.71. The Hall–Kier alpha value is -1.32. The predicted octanol–water partition coefficient (Wildman–Crippen LogP) is 2.72. The van der Waals surface area contributed by atoms with Crippen LogP contribution in [0.15, 0.2) is 54.9 Å². The van der Waals surface area contributed by atoms with Gasteiger partial charge in [-0.15, -0.1) is 4.20 Å². The van der Waals surface area contributed by atoms with Crippen molar-refractivity contribution in [3.8, 4) is 0 Å². The van der Waals surface area contributed by atoms with Gasteiger partial charge >= 0.3 is 0 Å². The monoisotopic (exact) mass is 247 g/mol. The molecule has 0 aliphatic carbocycles. The van der Waals surface area contributed by atoms with Crippen molar-refractivity contribution in [3.05, 3.63) is 66.0 Å². The number of pyridine rings is 1. The molecule has 0 fully saturated rings. The standard InChI is InChI=1S/C8H8S2.C5H5N/c1-6-2-4-7(5-3-6)8(9)10;1-2-4-6-5-3-1/h2-5H,1H3,(H,9,10);1-5H. The maximum absolute atomic E-state index is 4.82. The van der Waals surface area contributed by atoms with Crippen LogP contribution in [-0.4, -0.2) is 4.20 Å². The zero-order valence-electron chi connectivity index (χ0n) is 9.01. The molecule has 1 aromatic carbocycles. The molecule has 0 aliphatic rings. The van der Waals surface area contributed by atoms with Crippen molar-refractivity contribution in [1.29, 1.82) is 0 Å². The lowest BCUT2D eigenvalue weighted by molar-refractivity contribution is -0.377. The fourth-order valence-electron chi connectivity index (χ4n) is 1.03. The lowest BCUT2D eigenvalue weighted by Gasteiger charge is -2.03. The van der Waals surface area contributed by atoms with Crippen LogP contribution in [0, 0.1) is 6.92 Å². The summed E-state index contributed by atoms with van der Waals surface area (Å²) in [6.45, 7) is 2.04. The molecule has 0 atom stereocenters. The smallest absolute Gasteiger partial charge is 0.166 e. The fraction of sp³-hybridized carbons (Fsp3) is 0.0769. The summed E-state index contributed by atoms with van der Waals surface area (Å²) in [6.07, 6.45) is 3.75. The number of nitrogens with one attached hydrogen (secondary N) is 1. The van der Waals surface area contributed by atoms with E-state index in [-0.39, 0.29) is 0 Å². The second kappa shape index (κ2) is 7.04. The second-order valence-corrected chi connectivity index (χ2v) is 4.31. The Morgan fingerprint density at radius 3 is 1.94 bits per heavy atom. The number of thiocarbonyl (C=S) groups is 1. The first kappa shape index (κ1) is 12.7. The summed E-state index contributed by atoms with van der Waals surface area (Å²) in [7, 11) is 0. The van der Waals surface area contributed by atoms with Crippen molar-refractivity contribution in [3.63, 3.8) is 0 Å². The Morgan fingerprint density at radius 2 is 1.62 bits per heavy atom. The molecule has 16 heavy (non-hydrogen) atoms. The molecule has 0 radical (unpaired) electrons. The molecule has 3 heteroatoms. The SMILES string of the molecule is Cc1ccc(C(=S)[S-])cc1.c1cc[nH+]cc1. The lowest BCUT2D eigenvalue weighted by atomic mass is 10.2. The maximum atomic E-state index is 4.82. The highest BCUT2D eigenvalue weighted by Gasteiger charge is 1.85. The molecule has 2 rings (SSSR count). The molecular formula is C13H13NS2. The van der Waals surface area contributed by atoms with Crippen LogP contribution in [0.4, 0.5) is 0 Å². The lowest BCUT2D eigenvalue weighted by Crippen LogP contribution is -1.93. The quantitative estimate of drug-likeness (QED) is 0.568. The van der Waals surface area contributed by atoms with Gasteiger partial charge in [0.2, 0.25) is 0 Å². The van der Waals surface area contributed by atoms with Gasteiger partial charge in [-0.1, -0.05) is 35.9 Å². The van der Waals surface area contributed by atoms with Gasteiger partial charge in [0.25, 0.3) is 0 Å². The van der Waals surface area contributed by atoms with E-state index < -0.39 is 0 Å². The minimum atomic E-state index is 0.542. The van der Waals surface area contributed by atoms with Gasteiger partial charge in [0.15, 0.2) is 12.4 Å². The van der Waals surface area contributed by atoms with E-state index in [2.05, 4.69) is 4.98 Å². The zero-order chi connectivity index (χ0) is 11.8. The number of aromatic nitrogens is 1. The fourth-order valence-corrected chi connectivity index (χ4v) is 1.30. The van der Waals surface area contributed by atoms with E-state index in [1.54, 1.807) is 0 Å². The van der Waals surface area contributed by atoms with Gasteiger partial charge in [0.05, 0.1) is 0 Å². The number of hydrogen-bond donors (Lipinski definition) is 0. The average molecular weight is 247 g/mol. The third kappa shape index (κ3) is 4.96. The summed E-state index contributed by atoms with van der Waals surface area (Å²) >= 11 is 9.64. The molecular weight excluding hydrogens is 234 g/mol.